The van der Waals surface area contributed by atoms with Crippen molar-refractivity contribution in [1.82, 2.24) is 15.3 Å². The topological polar surface area (TPSA) is 123 Å². The van der Waals surface area contributed by atoms with Crippen molar-refractivity contribution in [3.63, 3.8) is 0 Å². The van der Waals surface area contributed by atoms with Crippen LogP contribution in [0.5, 0.6) is 0 Å². The number of nitrogens with zero attached hydrogens (tertiary/aromatic N) is 3. The van der Waals surface area contributed by atoms with Gasteiger partial charge in [-0.3, -0.25) is 9.69 Å². The minimum atomic E-state index is -0.669. The molecule has 3 heterocycles. The Morgan fingerprint density at radius 2 is 2.23 bits per heavy atom. The van der Waals surface area contributed by atoms with Gasteiger partial charge in [0.2, 0.25) is 5.91 Å². The number of aromatic nitrogens is 2. The van der Waals surface area contributed by atoms with Gasteiger partial charge in [0, 0.05) is 18.9 Å². The highest BCUT2D eigenvalue weighted by Gasteiger charge is 2.34. The molecule has 2 aromatic rings. The summed E-state index contributed by atoms with van der Waals surface area (Å²) in [7, 11) is 0. The first kappa shape index (κ1) is 22.1. The van der Waals surface area contributed by atoms with Crippen LogP contribution in [0.2, 0.25) is 0 Å². The van der Waals surface area contributed by atoms with Gasteiger partial charge in [-0.25, -0.2) is 9.78 Å². The monoisotopic (exact) mass is 476 g/mol. The molecule has 1 fully saturated rings. The maximum Gasteiger partial charge on any atom is 0.415 e. The third kappa shape index (κ3) is 4.91. The zero-order chi connectivity index (χ0) is 21.9. The molecule has 10 heteroatoms. The van der Waals surface area contributed by atoms with Crippen LogP contribution in [0.4, 0.5) is 16.2 Å². The lowest BCUT2D eigenvalue weighted by atomic mass is 10.0. The lowest BCUT2D eigenvalue weighted by Crippen LogP contribution is -2.50. The Labute approximate surface area is 183 Å². The quantitative estimate of drug-likeness (QED) is 0.618. The van der Waals surface area contributed by atoms with Crippen LogP contribution < -0.4 is 15.5 Å². The van der Waals surface area contributed by atoms with Gasteiger partial charge >= 0.3 is 6.09 Å². The molecule has 0 unspecified atom stereocenters. The van der Waals surface area contributed by atoms with E-state index >= 15 is 0 Å². The van der Waals surface area contributed by atoms with Crippen molar-refractivity contribution in [3.05, 3.63) is 16.9 Å². The van der Waals surface area contributed by atoms with E-state index in [2.05, 4.69) is 36.5 Å². The van der Waals surface area contributed by atoms with Crippen LogP contribution >= 0.6 is 15.9 Å². The molecule has 2 amide bonds. The molecule has 2 aromatic heterocycles. The largest absolute Gasteiger partial charge is 0.443 e. The zero-order valence-corrected chi connectivity index (χ0v) is 18.8. The van der Waals surface area contributed by atoms with Crippen molar-refractivity contribution < 1.29 is 14.3 Å². The average molecular weight is 477 g/mol. The first-order valence-corrected chi connectivity index (χ1v) is 10.6. The minimum absolute atomic E-state index is 0.131. The predicted molar refractivity (Wildman–Crippen MR) is 117 cm³/mol. The number of amides is 2. The van der Waals surface area contributed by atoms with Gasteiger partial charge < -0.3 is 20.4 Å². The van der Waals surface area contributed by atoms with Crippen LogP contribution in [0.25, 0.3) is 11.0 Å². The molecule has 0 saturated carbocycles. The Bertz CT molecular complexity index is 985. The van der Waals surface area contributed by atoms with Crippen molar-refractivity contribution in [2.24, 2.45) is 0 Å². The second kappa shape index (κ2) is 9.02. The van der Waals surface area contributed by atoms with E-state index in [1.54, 1.807) is 17.3 Å². The van der Waals surface area contributed by atoms with Crippen LogP contribution in [0.15, 0.2) is 16.9 Å². The lowest BCUT2D eigenvalue weighted by molar-refractivity contribution is -0.115. The molecule has 160 valence electrons. The molecule has 9 nitrogen and oxygen atoms in total. The predicted octanol–water partition coefficient (Wildman–Crippen LogP) is 3.67. The molecule has 1 saturated heterocycles. The SMILES string of the molecule is CC(C)(C)OC(=O)N(c1c(Br)cnc2[nH]cc(NC(=O)CC#N)c12)[C@@H]1CCCNC1. The van der Waals surface area contributed by atoms with Gasteiger partial charge in [-0.1, -0.05) is 0 Å². The molecule has 0 spiro atoms. The number of carbonyl (C=O) groups is 2. The van der Waals surface area contributed by atoms with Crippen LogP contribution in [0.3, 0.4) is 0 Å². The third-order valence-corrected chi connectivity index (χ3v) is 5.19. The van der Waals surface area contributed by atoms with E-state index < -0.39 is 17.6 Å². The lowest BCUT2D eigenvalue weighted by Gasteiger charge is -2.36. The molecule has 30 heavy (non-hydrogen) atoms. The molecule has 0 bridgehead atoms. The second-order valence-electron chi connectivity index (χ2n) is 8.11. The summed E-state index contributed by atoms with van der Waals surface area (Å²) in [5.74, 6) is -0.438. The first-order chi connectivity index (χ1) is 14.2. The number of nitrogens with one attached hydrogen (secondary N) is 3. The van der Waals surface area contributed by atoms with Gasteiger partial charge in [-0.2, -0.15) is 5.26 Å². The smallest absolute Gasteiger partial charge is 0.415 e. The Balaban J connectivity index is 2.13. The number of nitriles is 1. The van der Waals surface area contributed by atoms with Gasteiger partial charge in [0.15, 0.2) is 0 Å². The Morgan fingerprint density at radius 1 is 1.47 bits per heavy atom. The second-order valence-corrected chi connectivity index (χ2v) is 8.97. The fraction of sp³-hybridized carbons (Fsp3) is 0.500. The maximum absolute atomic E-state index is 13.3. The number of pyridine rings is 1. The Morgan fingerprint density at radius 3 is 2.87 bits per heavy atom. The number of hydrogen-bond acceptors (Lipinski definition) is 6. The van der Waals surface area contributed by atoms with Crippen molar-refractivity contribution in [2.45, 2.75) is 51.7 Å². The number of aromatic amines is 1. The van der Waals surface area contributed by atoms with E-state index in [0.717, 1.165) is 19.4 Å². The van der Waals surface area contributed by atoms with Gasteiger partial charge in [0.1, 0.15) is 17.7 Å². The molecular formula is C20H25BrN6O3. The number of ether oxygens (including phenoxy) is 1. The van der Waals surface area contributed by atoms with Gasteiger partial charge in [0.05, 0.1) is 33.3 Å². The fourth-order valence-corrected chi connectivity index (χ4v) is 3.94. The van der Waals surface area contributed by atoms with Crippen molar-refractivity contribution in [2.75, 3.05) is 23.3 Å². The van der Waals surface area contributed by atoms with Gasteiger partial charge in [-0.05, 0) is 56.1 Å². The number of H-pyrrole nitrogens is 1. The number of rotatable bonds is 4. The third-order valence-electron chi connectivity index (χ3n) is 4.61. The molecule has 0 aromatic carbocycles. The summed E-state index contributed by atoms with van der Waals surface area (Å²) in [6, 6.07) is 1.70. The highest BCUT2D eigenvalue weighted by Crippen LogP contribution is 2.40. The summed E-state index contributed by atoms with van der Waals surface area (Å²) in [4.78, 5) is 34.4. The number of halogens is 1. The summed E-state index contributed by atoms with van der Waals surface area (Å²) < 4.78 is 6.32. The summed E-state index contributed by atoms with van der Waals surface area (Å²) in [5, 5.41) is 15.4. The fourth-order valence-electron chi connectivity index (χ4n) is 3.44. The standard InChI is InChI=1S/C20H25BrN6O3/c1-20(2,3)30-19(29)27(12-5-4-8-23-9-12)17-13(21)10-24-18-16(17)14(11-25-18)26-15(28)6-7-22/h10-12,23H,4-6,8-9H2,1-3H3,(H,24,25)(H,26,28)/t12-/m1/s1. The number of anilines is 2. The summed E-state index contributed by atoms with van der Waals surface area (Å²) in [5.41, 5.74) is 0.860. The summed E-state index contributed by atoms with van der Waals surface area (Å²) >= 11 is 3.54. The Hall–Kier alpha value is -2.64. The molecule has 0 radical (unpaired) electrons. The van der Waals surface area contributed by atoms with Crippen LogP contribution in [0.1, 0.15) is 40.0 Å². The van der Waals surface area contributed by atoms with Crippen molar-refractivity contribution in [1.29, 1.82) is 5.26 Å². The highest BCUT2D eigenvalue weighted by atomic mass is 79.9. The minimum Gasteiger partial charge on any atom is -0.443 e. The molecule has 0 aliphatic carbocycles. The number of fused-ring (bicyclic) bond motifs is 1. The molecule has 1 aliphatic heterocycles. The number of hydrogen-bond donors (Lipinski definition) is 3. The van der Waals surface area contributed by atoms with E-state index in [9.17, 15) is 9.59 Å². The average Bonchev–Trinajstić information content (AvgIpc) is 3.06. The molecule has 3 N–H and O–H groups in total. The number of piperidine rings is 1. The highest BCUT2D eigenvalue weighted by molar-refractivity contribution is 9.10. The van der Waals surface area contributed by atoms with Crippen LogP contribution in [0, 0.1) is 11.3 Å². The molecule has 1 aliphatic rings. The maximum atomic E-state index is 13.3. The van der Waals surface area contributed by atoms with E-state index in [4.69, 9.17) is 10.00 Å². The normalized spacial score (nSPS) is 16.7. The molecule has 1 atom stereocenters. The zero-order valence-electron chi connectivity index (χ0n) is 17.2. The first-order valence-electron chi connectivity index (χ1n) is 9.76. The van der Waals surface area contributed by atoms with E-state index in [0.29, 0.717) is 33.4 Å². The van der Waals surface area contributed by atoms with Gasteiger partial charge in [0.25, 0.3) is 0 Å². The van der Waals surface area contributed by atoms with Gasteiger partial charge in [-0.15, -0.1) is 0 Å². The van der Waals surface area contributed by atoms with Crippen molar-refractivity contribution >= 4 is 50.3 Å². The van der Waals surface area contributed by atoms with Crippen molar-refractivity contribution in [3.8, 4) is 6.07 Å². The summed E-state index contributed by atoms with van der Waals surface area (Å²) in [6.07, 6.45) is 4.21. The molecule has 3 rings (SSSR count). The van der Waals surface area contributed by atoms with Crippen LogP contribution in [-0.2, 0) is 9.53 Å². The van der Waals surface area contributed by atoms with E-state index in [1.807, 2.05) is 26.8 Å². The summed E-state index contributed by atoms with van der Waals surface area (Å²) in [6.45, 7) is 6.98. The molecular weight excluding hydrogens is 452 g/mol. The van der Waals surface area contributed by atoms with E-state index in [-0.39, 0.29) is 12.5 Å². The van der Waals surface area contributed by atoms with E-state index in [1.165, 1.54) is 0 Å². The number of carbonyl (C=O) groups excluding carboxylic acids is 2. The van der Waals surface area contributed by atoms with Crippen LogP contribution in [-0.4, -0.2) is 46.7 Å². The Kier molecular flexibility index (Phi) is 6.63.